The third-order valence-electron chi connectivity index (χ3n) is 1.62. The number of hydrogen-bond acceptors (Lipinski definition) is 4. The minimum absolute atomic E-state index is 0.387. The number of allylic oxidation sites excluding steroid dienone is 1. The van der Waals surface area contributed by atoms with E-state index in [1.807, 2.05) is 6.92 Å². The molecule has 0 aliphatic rings. The second-order valence-corrected chi connectivity index (χ2v) is 4.15. The van der Waals surface area contributed by atoms with Crippen LogP contribution in [0.5, 0.6) is 0 Å². The summed E-state index contributed by atoms with van der Waals surface area (Å²) in [5.74, 6) is 1.27. The van der Waals surface area contributed by atoms with Crippen LogP contribution in [0.2, 0.25) is 5.15 Å². The van der Waals surface area contributed by atoms with Crippen LogP contribution in [0.3, 0.4) is 0 Å². The Labute approximate surface area is 92.8 Å². The fourth-order valence-corrected chi connectivity index (χ4v) is 1.84. The summed E-state index contributed by atoms with van der Waals surface area (Å²) in [6.07, 6.45) is 2.06. The first-order valence-corrected chi connectivity index (χ1v) is 5.53. The van der Waals surface area contributed by atoms with E-state index in [9.17, 15) is 0 Å². The van der Waals surface area contributed by atoms with Crippen LogP contribution in [-0.2, 0) is 0 Å². The van der Waals surface area contributed by atoms with Crippen molar-refractivity contribution in [2.45, 2.75) is 19.0 Å². The molecule has 0 spiro atoms. The molecule has 1 aromatic rings. The molecule has 3 nitrogen and oxygen atoms in total. The zero-order valence-corrected chi connectivity index (χ0v) is 9.69. The molecule has 0 saturated heterocycles. The average Bonchev–Trinajstić information content (AvgIpc) is 2.12. The van der Waals surface area contributed by atoms with Gasteiger partial charge in [-0.05, 0) is 13.8 Å². The van der Waals surface area contributed by atoms with Crippen molar-refractivity contribution in [1.29, 1.82) is 0 Å². The van der Waals surface area contributed by atoms with Crippen molar-refractivity contribution in [1.82, 2.24) is 9.97 Å². The molecule has 0 atom stereocenters. The van der Waals surface area contributed by atoms with Crippen LogP contribution in [0.4, 0.5) is 5.82 Å². The number of nitrogens with two attached hydrogens (primary N) is 1. The highest BCUT2D eigenvalue weighted by atomic mass is 35.5. The minimum atomic E-state index is 0.387. The summed E-state index contributed by atoms with van der Waals surface area (Å²) < 4.78 is 0. The van der Waals surface area contributed by atoms with Gasteiger partial charge < -0.3 is 5.73 Å². The highest BCUT2D eigenvalue weighted by Gasteiger charge is 2.01. The molecule has 0 unspecified atom stereocenters. The smallest absolute Gasteiger partial charge is 0.191 e. The van der Waals surface area contributed by atoms with Crippen molar-refractivity contribution in [2.75, 3.05) is 11.5 Å². The fourth-order valence-electron chi connectivity index (χ4n) is 0.740. The summed E-state index contributed by atoms with van der Waals surface area (Å²) in [4.78, 5) is 8.11. The average molecular weight is 230 g/mol. The Morgan fingerprint density at radius 1 is 1.64 bits per heavy atom. The van der Waals surface area contributed by atoms with E-state index in [0.29, 0.717) is 16.1 Å². The second-order valence-electron chi connectivity index (χ2n) is 2.82. The van der Waals surface area contributed by atoms with Crippen LogP contribution >= 0.6 is 23.4 Å². The lowest BCUT2D eigenvalue weighted by Gasteiger charge is -2.01. The van der Waals surface area contributed by atoms with Crippen LogP contribution in [0.15, 0.2) is 22.9 Å². The third kappa shape index (κ3) is 3.55. The van der Waals surface area contributed by atoms with Gasteiger partial charge in [-0.15, -0.1) is 0 Å². The van der Waals surface area contributed by atoms with Gasteiger partial charge in [0.1, 0.15) is 11.0 Å². The Balaban J connectivity index is 2.67. The van der Waals surface area contributed by atoms with Crippen molar-refractivity contribution < 1.29 is 0 Å². The van der Waals surface area contributed by atoms with Gasteiger partial charge in [-0.2, -0.15) is 0 Å². The van der Waals surface area contributed by atoms with Crippen LogP contribution < -0.4 is 5.73 Å². The molecule has 0 aliphatic carbocycles. The van der Waals surface area contributed by atoms with Crippen LogP contribution in [0.25, 0.3) is 0 Å². The first-order chi connectivity index (χ1) is 6.61. The molecule has 0 aromatic carbocycles. The SMILES string of the molecule is C/C=C(\C)CSc1nc(N)cc(Cl)n1. The van der Waals surface area contributed by atoms with Crippen molar-refractivity contribution in [2.24, 2.45) is 0 Å². The van der Waals surface area contributed by atoms with E-state index in [1.54, 1.807) is 0 Å². The van der Waals surface area contributed by atoms with Crippen LogP contribution in [0.1, 0.15) is 13.8 Å². The van der Waals surface area contributed by atoms with E-state index in [-0.39, 0.29) is 0 Å². The summed E-state index contributed by atoms with van der Waals surface area (Å²) in [5, 5.41) is 1.01. The first-order valence-electron chi connectivity index (χ1n) is 4.16. The predicted octanol–water partition coefficient (Wildman–Crippen LogP) is 2.77. The number of nitrogen functional groups attached to an aromatic ring is 1. The van der Waals surface area contributed by atoms with Gasteiger partial charge in [0.15, 0.2) is 5.16 Å². The van der Waals surface area contributed by atoms with Gasteiger partial charge in [0.05, 0.1) is 0 Å². The fraction of sp³-hybridized carbons (Fsp3) is 0.333. The topological polar surface area (TPSA) is 51.8 Å². The Kier molecular flexibility index (Phi) is 4.22. The van der Waals surface area contributed by atoms with E-state index in [1.165, 1.54) is 23.4 Å². The Bertz CT molecular complexity index is 332. The van der Waals surface area contributed by atoms with E-state index >= 15 is 0 Å². The molecule has 2 N–H and O–H groups in total. The number of hydrogen-bond donors (Lipinski definition) is 1. The zero-order valence-electron chi connectivity index (χ0n) is 8.12. The number of thioether (sulfide) groups is 1. The number of nitrogens with zero attached hydrogens (tertiary/aromatic N) is 2. The lowest BCUT2D eigenvalue weighted by molar-refractivity contribution is 0.977. The molecule has 0 amide bonds. The number of anilines is 1. The molecule has 1 aromatic heterocycles. The molecule has 0 radical (unpaired) electrons. The number of aromatic nitrogens is 2. The molecule has 0 aliphatic heterocycles. The monoisotopic (exact) mass is 229 g/mol. The van der Waals surface area contributed by atoms with Gasteiger partial charge in [0.2, 0.25) is 0 Å². The standard InChI is InChI=1S/C9H12ClN3S/c1-3-6(2)5-14-9-12-7(10)4-8(11)13-9/h3-4H,5H2,1-2H3,(H2,11,12,13)/b6-3+. The van der Waals surface area contributed by atoms with E-state index in [0.717, 1.165) is 5.75 Å². The molecule has 5 heteroatoms. The van der Waals surface area contributed by atoms with Crippen molar-refractivity contribution >= 4 is 29.2 Å². The highest BCUT2D eigenvalue weighted by Crippen LogP contribution is 2.19. The van der Waals surface area contributed by atoms with Crippen molar-refractivity contribution in [3.8, 4) is 0 Å². The lowest BCUT2D eigenvalue weighted by Crippen LogP contribution is -1.95. The maximum absolute atomic E-state index is 5.74. The Morgan fingerprint density at radius 3 is 2.93 bits per heavy atom. The van der Waals surface area contributed by atoms with E-state index in [4.69, 9.17) is 17.3 Å². The van der Waals surface area contributed by atoms with Gasteiger partial charge >= 0.3 is 0 Å². The molecule has 1 rings (SSSR count). The summed E-state index contributed by atoms with van der Waals surface area (Å²) in [6, 6.07) is 1.54. The number of rotatable bonds is 3. The molecular weight excluding hydrogens is 218 g/mol. The molecule has 0 fully saturated rings. The highest BCUT2D eigenvalue weighted by molar-refractivity contribution is 7.99. The third-order valence-corrected chi connectivity index (χ3v) is 2.85. The van der Waals surface area contributed by atoms with Crippen LogP contribution in [0, 0.1) is 0 Å². The molecule has 1 heterocycles. The van der Waals surface area contributed by atoms with Gasteiger partial charge in [0.25, 0.3) is 0 Å². The normalized spacial score (nSPS) is 11.8. The Hall–Kier alpha value is -0.740. The largest absolute Gasteiger partial charge is 0.384 e. The van der Waals surface area contributed by atoms with Gasteiger partial charge in [-0.1, -0.05) is 35.0 Å². The van der Waals surface area contributed by atoms with Crippen molar-refractivity contribution in [3.63, 3.8) is 0 Å². The lowest BCUT2D eigenvalue weighted by atomic mass is 10.3. The van der Waals surface area contributed by atoms with E-state index < -0.39 is 0 Å². The quantitative estimate of drug-likeness (QED) is 0.375. The maximum Gasteiger partial charge on any atom is 0.191 e. The minimum Gasteiger partial charge on any atom is -0.384 e. The Morgan fingerprint density at radius 2 is 2.36 bits per heavy atom. The maximum atomic E-state index is 5.74. The zero-order chi connectivity index (χ0) is 10.6. The predicted molar refractivity (Wildman–Crippen MR) is 61.6 cm³/mol. The molecule has 0 saturated carbocycles. The molecular formula is C9H12ClN3S. The van der Waals surface area contributed by atoms with Gasteiger partial charge in [0, 0.05) is 11.8 Å². The number of halogens is 1. The molecule has 0 bridgehead atoms. The van der Waals surface area contributed by atoms with Crippen molar-refractivity contribution in [3.05, 3.63) is 22.9 Å². The van der Waals surface area contributed by atoms with E-state index in [2.05, 4.69) is 23.0 Å². The summed E-state index contributed by atoms with van der Waals surface area (Å²) in [6.45, 7) is 4.06. The van der Waals surface area contributed by atoms with Gasteiger partial charge in [-0.25, -0.2) is 9.97 Å². The summed E-state index contributed by atoms with van der Waals surface area (Å²) >= 11 is 7.27. The van der Waals surface area contributed by atoms with Gasteiger partial charge in [-0.3, -0.25) is 0 Å². The summed E-state index contributed by atoms with van der Waals surface area (Å²) in [5.41, 5.74) is 6.81. The van der Waals surface area contributed by atoms with Crippen LogP contribution in [-0.4, -0.2) is 15.7 Å². The first kappa shape index (κ1) is 11.3. The molecule has 76 valence electrons. The summed E-state index contributed by atoms with van der Waals surface area (Å²) in [7, 11) is 0. The molecule has 14 heavy (non-hydrogen) atoms. The second kappa shape index (κ2) is 5.22.